The highest BCUT2D eigenvalue weighted by atomic mass is 16.5. The Kier molecular flexibility index (Phi) is 5.60. The number of aliphatic hydroxyl groups is 1. The topological polar surface area (TPSA) is 64.3 Å². The van der Waals surface area contributed by atoms with Gasteiger partial charge in [0.1, 0.15) is 5.82 Å². The number of hydrogen-bond donors (Lipinski definition) is 1. The highest BCUT2D eigenvalue weighted by Crippen LogP contribution is 2.68. The molecule has 1 heterocycles. The van der Waals surface area contributed by atoms with Crippen molar-refractivity contribution in [3.8, 4) is 0 Å². The van der Waals surface area contributed by atoms with E-state index in [0.717, 1.165) is 44.5 Å². The Balaban J connectivity index is 1.38. The molecule has 0 aliphatic heterocycles. The van der Waals surface area contributed by atoms with Crippen LogP contribution < -0.4 is 0 Å². The van der Waals surface area contributed by atoms with Crippen LogP contribution in [0.5, 0.6) is 0 Å². The molecule has 0 aromatic carbocycles. The Morgan fingerprint density at radius 3 is 2.69 bits per heavy atom. The van der Waals surface area contributed by atoms with Crippen LogP contribution in [0.3, 0.4) is 0 Å². The maximum Gasteiger partial charge on any atom is 0.156 e. The van der Waals surface area contributed by atoms with Crippen molar-refractivity contribution in [3.05, 3.63) is 18.2 Å². The van der Waals surface area contributed by atoms with Gasteiger partial charge in [0.15, 0.2) is 5.78 Å². The predicted octanol–water partition coefficient (Wildman–Crippen LogP) is 4.80. The molecule has 0 unspecified atom stereocenters. The van der Waals surface area contributed by atoms with Crippen molar-refractivity contribution in [2.24, 2.45) is 40.4 Å². The molecular weight excluding hydrogens is 400 g/mol. The molecular formula is C27H42N2O3. The number of ether oxygens (including phenoxy) is 1. The van der Waals surface area contributed by atoms with Crippen molar-refractivity contribution in [1.82, 2.24) is 9.55 Å². The van der Waals surface area contributed by atoms with Gasteiger partial charge in [-0.1, -0.05) is 6.92 Å². The quantitative estimate of drug-likeness (QED) is 0.712. The summed E-state index contributed by atoms with van der Waals surface area (Å²) in [6.45, 7) is 7.75. The van der Waals surface area contributed by atoms with E-state index in [1.165, 1.54) is 25.7 Å². The minimum absolute atomic E-state index is 0.133. The van der Waals surface area contributed by atoms with Crippen LogP contribution in [0.2, 0.25) is 0 Å². The fourth-order valence-electron chi connectivity index (χ4n) is 9.16. The van der Waals surface area contributed by atoms with E-state index in [0.29, 0.717) is 36.0 Å². The first kappa shape index (κ1) is 22.6. The summed E-state index contributed by atoms with van der Waals surface area (Å²) >= 11 is 0. The second-order valence-corrected chi connectivity index (χ2v) is 12.3. The van der Waals surface area contributed by atoms with Crippen LogP contribution in [0, 0.1) is 47.3 Å². The summed E-state index contributed by atoms with van der Waals surface area (Å²) in [5.74, 6) is 4.11. The van der Waals surface area contributed by atoms with E-state index < -0.39 is 5.60 Å². The zero-order valence-corrected chi connectivity index (χ0v) is 20.5. The number of methoxy groups -OCH3 is 1. The molecule has 0 bridgehead atoms. The van der Waals surface area contributed by atoms with E-state index in [-0.39, 0.29) is 16.7 Å². The number of carbonyl (C=O) groups is 1. The molecule has 8 atom stereocenters. The lowest BCUT2D eigenvalue weighted by atomic mass is 9.43. The van der Waals surface area contributed by atoms with Crippen molar-refractivity contribution in [1.29, 1.82) is 0 Å². The standard InChI is InChI=1S/C27H42N2O3/c1-18-28-13-14-29(18)16-24(30)23-8-7-21-20-6-5-19-15-25(2,31)11-12-27(19,17-32-4)22(20)9-10-26(21,23)3/h13-14,19-23,31H,5-12,15-17H2,1-4H3/t19-,20-,21-,22-,23+,25+,26-,27+/m0/s1. The smallest absolute Gasteiger partial charge is 0.156 e. The molecule has 5 nitrogen and oxygen atoms in total. The lowest BCUT2D eigenvalue weighted by molar-refractivity contribution is -0.175. The molecule has 4 saturated carbocycles. The first-order valence-electron chi connectivity index (χ1n) is 12.9. The molecule has 0 saturated heterocycles. The second-order valence-electron chi connectivity index (χ2n) is 12.3. The molecule has 4 aliphatic carbocycles. The van der Waals surface area contributed by atoms with Crippen LogP contribution in [0.4, 0.5) is 0 Å². The van der Waals surface area contributed by atoms with Crippen molar-refractivity contribution >= 4 is 5.78 Å². The van der Waals surface area contributed by atoms with Crippen molar-refractivity contribution in [2.45, 2.75) is 90.7 Å². The van der Waals surface area contributed by atoms with Crippen LogP contribution in [0.15, 0.2) is 12.4 Å². The molecule has 1 aromatic rings. The number of nitrogens with zero attached hydrogens (tertiary/aromatic N) is 2. The lowest BCUT2D eigenvalue weighted by Gasteiger charge is -2.62. The molecule has 0 radical (unpaired) electrons. The molecule has 5 heteroatoms. The second kappa shape index (κ2) is 7.94. The number of rotatable bonds is 5. The molecule has 0 amide bonds. The number of hydrogen-bond acceptors (Lipinski definition) is 4. The van der Waals surface area contributed by atoms with E-state index in [4.69, 9.17) is 4.74 Å². The Hall–Kier alpha value is -1.20. The molecule has 32 heavy (non-hydrogen) atoms. The van der Waals surface area contributed by atoms with Crippen LogP contribution in [0.1, 0.15) is 77.5 Å². The first-order chi connectivity index (χ1) is 15.2. The van der Waals surface area contributed by atoms with Gasteiger partial charge in [-0.25, -0.2) is 4.98 Å². The van der Waals surface area contributed by atoms with Crippen LogP contribution in [-0.4, -0.2) is 39.8 Å². The number of imidazole rings is 1. The van der Waals surface area contributed by atoms with Gasteiger partial charge in [0.05, 0.1) is 18.8 Å². The number of ketones is 1. The minimum Gasteiger partial charge on any atom is -0.390 e. The van der Waals surface area contributed by atoms with Crippen LogP contribution >= 0.6 is 0 Å². The van der Waals surface area contributed by atoms with Gasteiger partial charge >= 0.3 is 0 Å². The van der Waals surface area contributed by atoms with Gasteiger partial charge in [-0.2, -0.15) is 0 Å². The lowest BCUT2D eigenvalue weighted by Crippen LogP contribution is -2.58. The van der Waals surface area contributed by atoms with Gasteiger partial charge in [0.2, 0.25) is 0 Å². The minimum atomic E-state index is -0.520. The van der Waals surface area contributed by atoms with Gasteiger partial charge in [-0.15, -0.1) is 0 Å². The first-order valence-corrected chi connectivity index (χ1v) is 12.9. The SMILES string of the molecule is COC[C@]12CC[C@@](C)(O)C[C@@H]1CC[C@H]1[C@@H]3CC[C@H](C(=O)Cn4ccnc4C)[C@@]3(C)CC[C@@H]12. The van der Waals surface area contributed by atoms with Crippen LogP contribution in [0.25, 0.3) is 0 Å². The van der Waals surface area contributed by atoms with Crippen molar-refractivity contribution in [3.63, 3.8) is 0 Å². The normalized spacial score (nSPS) is 45.7. The molecule has 1 aromatic heterocycles. The molecule has 0 spiro atoms. The van der Waals surface area contributed by atoms with E-state index in [9.17, 15) is 9.90 Å². The number of aryl methyl sites for hydroxylation is 1. The van der Waals surface area contributed by atoms with E-state index in [2.05, 4.69) is 11.9 Å². The van der Waals surface area contributed by atoms with Gasteiger partial charge < -0.3 is 14.4 Å². The average molecular weight is 443 g/mol. The van der Waals surface area contributed by atoms with Gasteiger partial charge in [-0.05, 0) is 106 Å². The van der Waals surface area contributed by atoms with E-state index >= 15 is 0 Å². The van der Waals surface area contributed by atoms with Crippen molar-refractivity contribution in [2.75, 3.05) is 13.7 Å². The molecule has 178 valence electrons. The zero-order valence-electron chi connectivity index (χ0n) is 20.5. The fraction of sp³-hybridized carbons (Fsp3) is 0.852. The molecule has 5 rings (SSSR count). The zero-order chi connectivity index (χ0) is 22.7. The van der Waals surface area contributed by atoms with Gasteiger partial charge in [0.25, 0.3) is 0 Å². The van der Waals surface area contributed by atoms with E-state index in [1.807, 2.05) is 31.7 Å². The predicted molar refractivity (Wildman–Crippen MR) is 124 cm³/mol. The summed E-state index contributed by atoms with van der Waals surface area (Å²) in [6.07, 6.45) is 13.7. The molecule has 4 aliphatic rings. The summed E-state index contributed by atoms with van der Waals surface area (Å²) in [4.78, 5) is 17.8. The van der Waals surface area contributed by atoms with Crippen molar-refractivity contribution < 1.29 is 14.6 Å². The van der Waals surface area contributed by atoms with Gasteiger partial charge in [-0.3, -0.25) is 4.79 Å². The summed E-state index contributed by atoms with van der Waals surface area (Å²) in [5.41, 5.74) is -0.167. The number of Topliss-reactive ketones (excluding diaryl/α,β-unsaturated/α-hetero) is 1. The largest absolute Gasteiger partial charge is 0.390 e. The van der Waals surface area contributed by atoms with Crippen LogP contribution in [-0.2, 0) is 16.1 Å². The average Bonchev–Trinajstić information content (AvgIpc) is 3.30. The monoisotopic (exact) mass is 442 g/mol. The highest BCUT2D eigenvalue weighted by molar-refractivity contribution is 5.82. The summed E-state index contributed by atoms with van der Waals surface area (Å²) in [6, 6.07) is 0. The Labute approximate surface area is 193 Å². The Morgan fingerprint density at radius 2 is 1.97 bits per heavy atom. The fourth-order valence-corrected chi connectivity index (χ4v) is 9.16. The highest BCUT2D eigenvalue weighted by Gasteiger charge is 2.63. The third-order valence-corrected chi connectivity index (χ3v) is 10.7. The Bertz CT molecular complexity index is 863. The maximum atomic E-state index is 13.5. The number of aromatic nitrogens is 2. The summed E-state index contributed by atoms with van der Waals surface area (Å²) < 4.78 is 7.89. The number of fused-ring (bicyclic) bond motifs is 5. The molecule has 1 N–H and O–H groups in total. The third kappa shape index (κ3) is 3.41. The molecule has 4 fully saturated rings. The Morgan fingerprint density at radius 1 is 1.16 bits per heavy atom. The third-order valence-electron chi connectivity index (χ3n) is 10.7. The summed E-state index contributed by atoms with van der Waals surface area (Å²) in [5, 5.41) is 10.8. The maximum absolute atomic E-state index is 13.5. The van der Waals surface area contributed by atoms with Gasteiger partial charge in [0, 0.05) is 25.4 Å². The van der Waals surface area contributed by atoms with E-state index in [1.54, 1.807) is 6.20 Å². The summed E-state index contributed by atoms with van der Waals surface area (Å²) in [7, 11) is 1.86. The number of carbonyl (C=O) groups excluding carboxylic acids is 1.